The summed E-state index contributed by atoms with van der Waals surface area (Å²) in [5.41, 5.74) is 2.47. The van der Waals surface area contributed by atoms with E-state index < -0.39 is 0 Å². The van der Waals surface area contributed by atoms with E-state index in [1.54, 1.807) is 6.07 Å². The third kappa shape index (κ3) is 2.99. The number of aromatic amines is 1. The summed E-state index contributed by atoms with van der Waals surface area (Å²) in [6.07, 6.45) is 2.05. The lowest BCUT2D eigenvalue weighted by Gasteiger charge is -2.23. The van der Waals surface area contributed by atoms with Crippen LogP contribution in [0.5, 0.6) is 0 Å². The van der Waals surface area contributed by atoms with Gasteiger partial charge in [0.05, 0.1) is 11.2 Å². The number of fused-ring (bicyclic) bond motifs is 3. The Morgan fingerprint density at radius 2 is 1.96 bits per heavy atom. The Morgan fingerprint density at radius 3 is 2.70 bits per heavy atom. The average molecular weight is 333 g/mol. The lowest BCUT2D eigenvalue weighted by Crippen LogP contribution is -2.28. The van der Waals surface area contributed by atoms with E-state index in [2.05, 4.69) is 15.4 Å². The molecular formula is C17H21ClN4O. The van der Waals surface area contributed by atoms with Gasteiger partial charge < -0.3 is 10.3 Å². The summed E-state index contributed by atoms with van der Waals surface area (Å²) in [6, 6.07) is 7.23. The molecule has 1 aliphatic rings. The van der Waals surface area contributed by atoms with Gasteiger partial charge in [-0.15, -0.1) is 0 Å². The topological polar surface area (TPSA) is 62.2 Å². The minimum atomic E-state index is -0.0761. The zero-order valence-electron chi connectivity index (χ0n) is 13.4. The Bertz CT molecular complexity index is 877. The lowest BCUT2D eigenvalue weighted by molar-refractivity contribution is 0.446. The maximum absolute atomic E-state index is 12.0. The van der Waals surface area contributed by atoms with Crippen LogP contribution in [-0.4, -0.2) is 27.7 Å². The summed E-state index contributed by atoms with van der Waals surface area (Å²) >= 11 is 6.04. The highest BCUT2D eigenvalue weighted by Crippen LogP contribution is 2.27. The number of piperidine rings is 1. The van der Waals surface area contributed by atoms with Gasteiger partial charge in [0.1, 0.15) is 5.65 Å². The standard InChI is InChI=1S/C15H15ClN4O.C2H6/c16-10-1-2-11-12(7-10)19-20-13(8-14(21)18-15(11)20)9-3-5-17-6-4-9;1-2/h1-2,7-9,17H,3-6H2,(H,18,21);1-2H3. The molecule has 5 nitrogen and oxygen atoms in total. The number of H-pyrrole nitrogens is 1. The molecule has 0 saturated carbocycles. The fraction of sp³-hybridized carbons (Fsp3) is 0.412. The summed E-state index contributed by atoms with van der Waals surface area (Å²) < 4.78 is 1.87. The molecule has 4 rings (SSSR count). The summed E-state index contributed by atoms with van der Waals surface area (Å²) in [5.74, 6) is 0.362. The van der Waals surface area contributed by atoms with Gasteiger partial charge in [-0.3, -0.25) is 4.79 Å². The number of nitrogens with zero attached hydrogens (tertiary/aromatic N) is 2. The molecule has 0 bridgehead atoms. The van der Waals surface area contributed by atoms with Gasteiger partial charge in [0.15, 0.2) is 0 Å². The largest absolute Gasteiger partial charge is 0.317 e. The van der Waals surface area contributed by atoms with E-state index >= 15 is 0 Å². The fourth-order valence-corrected chi connectivity index (χ4v) is 3.29. The SMILES string of the molecule is CC.O=c1cc(C2CCNCC2)n2nc3cc(Cl)ccc3c2[nH]1. The first kappa shape index (κ1) is 16.0. The zero-order valence-corrected chi connectivity index (χ0v) is 14.2. The number of rotatable bonds is 1. The first-order valence-corrected chi connectivity index (χ1v) is 8.52. The number of halogens is 1. The van der Waals surface area contributed by atoms with Crippen molar-refractivity contribution in [3.05, 3.63) is 45.3 Å². The van der Waals surface area contributed by atoms with Gasteiger partial charge in [-0.25, -0.2) is 4.52 Å². The van der Waals surface area contributed by atoms with Crippen molar-refractivity contribution in [3.8, 4) is 0 Å². The van der Waals surface area contributed by atoms with E-state index in [9.17, 15) is 4.79 Å². The minimum absolute atomic E-state index is 0.0761. The Labute approximate surface area is 139 Å². The molecule has 2 N–H and O–H groups in total. The third-order valence-electron chi connectivity index (χ3n) is 4.16. The smallest absolute Gasteiger partial charge is 0.251 e. The molecule has 1 saturated heterocycles. The van der Waals surface area contributed by atoms with Crippen LogP contribution in [0.1, 0.15) is 38.3 Å². The van der Waals surface area contributed by atoms with Crippen LogP contribution in [0.15, 0.2) is 29.1 Å². The van der Waals surface area contributed by atoms with Crippen molar-refractivity contribution in [1.29, 1.82) is 0 Å². The molecule has 0 atom stereocenters. The highest BCUT2D eigenvalue weighted by molar-refractivity contribution is 6.31. The fourth-order valence-electron chi connectivity index (χ4n) is 3.12. The minimum Gasteiger partial charge on any atom is -0.317 e. The van der Waals surface area contributed by atoms with Crippen LogP contribution in [0.3, 0.4) is 0 Å². The Balaban J connectivity index is 0.000000753. The summed E-state index contributed by atoms with van der Waals surface area (Å²) in [5, 5.41) is 9.56. The van der Waals surface area contributed by atoms with E-state index in [0.29, 0.717) is 10.9 Å². The van der Waals surface area contributed by atoms with Crippen LogP contribution in [0.4, 0.5) is 0 Å². The van der Waals surface area contributed by atoms with Gasteiger partial charge in [0, 0.05) is 22.4 Å². The Hall–Kier alpha value is -1.85. The maximum atomic E-state index is 12.0. The molecule has 1 aliphatic heterocycles. The van der Waals surface area contributed by atoms with E-state index in [1.165, 1.54) is 0 Å². The van der Waals surface area contributed by atoms with Crippen LogP contribution in [0.2, 0.25) is 5.02 Å². The van der Waals surface area contributed by atoms with Crippen molar-refractivity contribution in [1.82, 2.24) is 19.9 Å². The second kappa shape index (κ2) is 6.72. The third-order valence-corrected chi connectivity index (χ3v) is 4.39. The van der Waals surface area contributed by atoms with E-state index in [1.807, 2.05) is 36.6 Å². The molecule has 2 aromatic heterocycles. The number of aromatic nitrogens is 3. The summed E-state index contributed by atoms with van der Waals surface area (Å²) in [4.78, 5) is 14.9. The number of benzene rings is 1. The molecule has 23 heavy (non-hydrogen) atoms. The molecule has 1 aromatic carbocycles. The molecule has 0 spiro atoms. The molecule has 0 radical (unpaired) electrons. The highest BCUT2D eigenvalue weighted by atomic mass is 35.5. The Kier molecular flexibility index (Phi) is 4.68. The van der Waals surface area contributed by atoms with Crippen molar-refractivity contribution in [2.24, 2.45) is 0 Å². The molecule has 3 aromatic rings. The number of hydrogen-bond donors (Lipinski definition) is 2. The van der Waals surface area contributed by atoms with Crippen molar-refractivity contribution >= 4 is 28.2 Å². The highest BCUT2D eigenvalue weighted by Gasteiger charge is 2.20. The van der Waals surface area contributed by atoms with Gasteiger partial charge in [-0.05, 0) is 44.1 Å². The first-order chi connectivity index (χ1) is 11.2. The van der Waals surface area contributed by atoms with Gasteiger partial charge in [0.2, 0.25) is 0 Å². The molecule has 1 fully saturated rings. The lowest BCUT2D eigenvalue weighted by atomic mass is 9.94. The second-order valence-corrected chi connectivity index (χ2v) is 5.94. The van der Waals surface area contributed by atoms with Crippen molar-refractivity contribution in [3.63, 3.8) is 0 Å². The van der Waals surface area contributed by atoms with Gasteiger partial charge in [-0.2, -0.15) is 5.10 Å². The van der Waals surface area contributed by atoms with Gasteiger partial charge in [0.25, 0.3) is 5.56 Å². The van der Waals surface area contributed by atoms with E-state index in [0.717, 1.165) is 48.2 Å². The molecule has 0 aliphatic carbocycles. The molecule has 3 heterocycles. The summed E-state index contributed by atoms with van der Waals surface area (Å²) in [6.45, 7) is 5.96. The summed E-state index contributed by atoms with van der Waals surface area (Å²) in [7, 11) is 0. The number of nitrogens with one attached hydrogen (secondary N) is 2. The normalized spacial score (nSPS) is 15.6. The molecule has 0 unspecified atom stereocenters. The van der Waals surface area contributed by atoms with Crippen LogP contribution in [-0.2, 0) is 0 Å². The molecule has 0 amide bonds. The number of hydrogen-bond acceptors (Lipinski definition) is 3. The molecule has 6 heteroatoms. The van der Waals surface area contributed by atoms with E-state index in [4.69, 9.17) is 11.6 Å². The average Bonchev–Trinajstić information content (AvgIpc) is 2.94. The van der Waals surface area contributed by atoms with Gasteiger partial charge in [-0.1, -0.05) is 25.4 Å². The Morgan fingerprint density at radius 1 is 1.22 bits per heavy atom. The second-order valence-electron chi connectivity index (χ2n) is 5.50. The maximum Gasteiger partial charge on any atom is 0.251 e. The molecule has 122 valence electrons. The van der Waals surface area contributed by atoms with E-state index in [-0.39, 0.29) is 5.56 Å². The van der Waals surface area contributed by atoms with Gasteiger partial charge >= 0.3 is 0 Å². The van der Waals surface area contributed by atoms with Crippen LogP contribution >= 0.6 is 11.6 Å². The predicted molar refractivity (Wildman–Crippen MR) is 94.5 cm³/mol. The quantitative estimate of drug-likeness (QED) is 0.718. The van der Waals surface area contributed by atoms with Crippen molar-refractivity contribution in [2.75, 3.05) is 13.1 Å². The first-order valence-electron chi connectivity index (χ1n) is 8.14. The van der Waals surface area contributed by atoms with Crippen LogP contribution in [0.25, 0.3) is 16.6 Å². The monoisotopic (exact) mass is 332 g/mol. The van der Waals surface area contributed by atoms with Crippen LogP contribution < -0.4 is 10.9 Å². The van der Waals surface area contributed by atoms with Crippen molar-refractivity contribution < 1.29 is 0 Å². The zero-order chi connectivity index (χ0) is 16.4. The molecular weight excluding hydrogens is 312 g/mol. The van der Waals surface area contributed by atoms with Crippen molar-refractivity contribution in [2.45, 2.75) is 32.6 Å². The van der Waals surface area contributed by atoms with Crippen LogP contribution in [0, 0.1) is 0 Å². The predicted octanol–water partition coefficient (Wildman–Crippen LogP) is 3.32.